The number of hydrogen-bond donors (Lipinski definition) is 0. The summed E-state index contributed by atoms with van der Waals surface area (Å²) in [4.78, 5) is 24.2. The van der Waals surface area contributed by atoms with Gasteiger partial charge in [0.25, 0.3) is 11.6 Å². The van der Waals surface area contributed by atoms with Crippen molar-refractivity contribution < 1.29 is 9.72 Å². The van der Waals surface area contributed by atoms with E-state index in [1.807, 2.05) is 22.6 Å². The number of benzene rings is 1. The first-order valence-corrected chi connectivity index (χ1v) is 6.54. The lowest BCUT2D eigenvalue weighted by molar-refractivity contribution is -0.385. The predicted molar refractivity (Wildman–Crippen MR) is 82.1 cm³/mol. The molecule has 0 aliphatic heterocycles. The minimum Gasteiger partial charge on any atom is -0.331 e. The molecule has 0 atom stereocenters. The third-order valence-corrected chi connectivity index (χ3v) is 3.53. The van der Waals surface area contributed by atoms with Crippen LogP contribution in [0.5, 0.6) is 0 Å². The van der Waals surface area contributed by atoms with Gasteiger partial charge in [-0.25, -0.2) is 0 Å². The van der Waals surface area contributed by atoms with Crippen molar-refractivity contribution in [3.63, 3.8) is 0 Å². The smallest absolute Gasteiger partial charge is 0.283 e. The lowest BCUT2D eigenvalue weighted by Crippen LogP contribution is -2.31. The average Bonchev–Trinajstić information content (AvgIpc) is 2.37. The molecule has 100 valence electrons. The molecule has 5 nitrogen and oxygen atoms in total. The Morgan fingerprint density at radius 3 is 2.42 bits per heavy atom. The summed E-state index contributed by atoms with van der Waals surface area (Å²) < 4.78 is 0.341. The second-order valence-corrected chi connectivity index (χ2v) is 4.76. The van der Waals surface area contributed by atoms with E-state index in [9.17, 15) is 14.9 Å². The molecule has 19 heavy (non-hydrogen) atoms. The predicted octanol–water partition coefficient (Wildman–Crippen LogP) is 3.01. The molecule has 1 rings (SSSR count). The van der Waals surface area contributed by atoms with Crippen molar-refractivity contribution in [2.24, 2.45) is 0 Å². The number of amides is 1. The molecular formula is C13H13IN2O3. The second-order valence-electron chi connectivity index (χ2n) is 3.68. The Morgan fingerprint density at radius 1 is 1.37 bits per heavy atom. The summed E-state index contributed by atoms with van der Waals surface area (Å²) in [5.74, 6) is -0.270. The van der Waals surface area contributed by atoms with Crippen LogP contribution in [0.1, 0.15) is 10.4 Å². The fourth-order valence-corrected chi connectivity index (χ4v) is 2.34. The summed E-state index contributed by atoms with van der Waals surface area (Å²) >= 11 is 1.82. The standard InChI is InChI=1S/C13H13IN2O3/c1-3-8-15(9-4-2)13(17)10-6-5-7-11(12(10)14)16(18)19/h3-7H,1-2,8-9H2. The summed E-state index contributed by atoms with van der Waals surface area (Å²) in [6.45, 7) is 7.91. The number of carbonyl (C=O) groups excluding carboxylic acids is 1. The molecule has 0 spiro atoms. The SMILES string of the molecule is C=CCN(CC=C)C(=O)c1cccc([N+](=O)[O-])c1I. The molecule has 0 fully saturated rings. The van der Waals surface area contributed by atoms with E-state index in [0.717, 1.165) is 0 Å². The molecule has 0 aliphatic carbocycles. The topological polar surface area (TPSA) is 63.5 Å². The van der Waals surface area contributed by atoms with Crippen molar-refractivity contribution in [3.8, 4) is 0 Å². The van der Waals surface area contributed by atoms with Crippen molar-refractivity contribution in [1.82, 2.24) is 4.90 Å². The van der Waals surface area contributed by atoms with E-state index in [4.69, 9.17) is 0 Å². The summed E-state index contributed by atoms with van der Waals surface area (Å²) in [7, 11) is 0. The third-order valence-electron chi connectivity index (χ3n) is 2.39. The Labute approximate surface area is 124 Å². The summed E-state index contributed by atoms with van der Waals surface area (Å²) in [5.41, 5.74) is 0.252. The van der Waals surface area contributed by atoms with Crippen molar-refractivity contribution in [3.05, 3.63) is 62.8 Å². The molecule has 0 radical (unpaired) electrons. The van der Waals surface area contributed by atoms with E-state index in [1.54, 1.807) is 18.2 Å². The van der Waals surface area contributed by atoms with E-state index in [-0.39, 0.29) is 11.6 Å². The Kier molecular flexibility index (Phi) is 5.68. The lowest BCUT2D eigenvalue weighted by Gasteiger charge is -2.19. The average molecular weight is 372 g/mol. The third kappa shape index (κ3) is 3.63. The molecular weight excluding hydrogens is 359 g/mol. The van der Waals surface area contributed by atoms with Crippen molar-refractivity contribution in [2.75, 3.05) is 13.1 Å². The monoisotopic (exact) mass is 372 g/mol. The number of nitro groups is 1. The number of nitrogens with zero attached hydrogens (tertiary/aromatic N) is 2. The van der Waals surface area contributed by atoms with E-state index in [1.165, 1.54) is 17.0 Å². The van der Waals surface area contributed by atoms with Crippen LogP contribution in [0.15, 0.2) is 43.5 Å². The van der Waals surface area contributed by atoms with Gasteiger partial charge in [-0.05, 0) is 28.7 Å². The largest absolute Gasteiger partial charge is 0.331 e. The van der Waals surface area contributed by atoms with Gasteiger partial charge in [0.2, 0.25) is 0 Å². The molecule has 1 aromatic carbocycles. The number of hydrogen-bond acceptors (Lipinski definition) is 3. The van der Waals surface area contributed by atoms with E-state index < -0.39 is 4.92 Å². The number of rotatable bonds is 6. The first-order chi connectivity index (χ1) is 9.02. The van der Waals surface area contributed by atoms with Crippen molar-refractivity contribution in [2.45, 2.75) is 0 Å². The van der Waals surface area contributed by atoms with Gasteiger partial charge >= 0.3 is 0 Å². The first kappa shape index (κ1) is 15.4. The van der Waals surface area contributed by atoms with Crippen LogP contribution in [0.2, 0.25) is 0 Å². The molecule has 6 heteroatoms. The Balaban J connectivity index is 3.17. The van der Waals surface area contributed by atoms with E-state index in [2.05, 4.69) is 13.2 Å². The van der Waals surface area contributed by atoms with Crippen molar-refractivity contribution >= 4 is 34.2 Å². The quantitative estimate of drug-likeness (QED) is 0.334. The highest BCUT2D eigenvalue weighted by molar-refractivity contribution is 14.1. The molecule has 0 aliphatic rings. The zero-order chi connectivity index (χ0) is 14.4. The van der Waals surface area contributed by atoms with Crippen LogP contribution in [-0.2, 0) is 0 Å². The van der Waals surface area contributed by atoms with Crippen LogP contribution in [0, 0.1) is 13.7 Å². The van der Waals surface area contributed by atoms with Crippen molar-refractivity contribution in [1.29, 1.82) is 0 Å². The van der Waals surface area contributed by atoms with E-state index >= 15 is 0 Å². The molecule has 0 N–H and O–H groups in total. The number of carbonyl (C=O) groups is 1. The molecule has 0 saturated heterocycles. The van der Waals surface area contributed by atoms with Gasteiger partial charge in [0, 0.05) is 19.2 Å². The van der Waals surface area contributed by atoms with Crippen LogP contribution >= 0.6 is 22.6 Å². The van der Waals surface area contributed by atoms with Crippen LogP contribution in [0.3, 0.4) is 0 Å². The summed E-state index contributed by atoms with van der Waals surface area (Å²) in [6, 6.07) is 4.47. The van der Waals surface area contributed by atoms with Gasteiger partial charge in [-0.2, -0.15) is 0 Å². The highest BCUT2D eigenvalue weighted by Crippen LogP contribution is 2.25. The molecule has 0 saturated carbocycles. The van der Waals surface area contributed by atoms with Gasteiger partial charge in [-0.1, -0.05) is 18.2 Å². The maximum Gasteiger partial charge on any atom is 0.283 e. The molecule has 0 bridgehead atoms. The van der Waals surface area contributed by atoms with Gasteiger partial charge < -0.3 is 4.90 Å². The maximum atomic E-state index is 12.3. The normalized spacial score (nSPS) is 9.74. The summed E-state index contributed by atoms with van der Waals surface area (Å²) in [5, 5.41) is 10.9. The van der Waals surface area contributed by atoms with Crippen LogP contribution in [0.25, 0.3) is 0 Å². The zero-order valence-corrected chi connectivity index (χ0v) is 12.4. The van der Waals surface area contributed by atoms with Gasteiger partial charge in [0.05, 0.1) is 10.5 Å². The first-order valence-electron chi connectivity index (χ1n) is 5.46. The minimum atomic E-state index is -0.496. The van der Waals surface area contributed by atoms with Gasteiger partial charge in [-0.15, -0.1) is 13.2 Å². The number of nitro benzene ring substituents is 1. The van der Waals surface area contributed by atoms with Gasteiger partial charge in [0.15, 0.2) is 0 Å². The Bertz CT molecular complexity index is 519. The molecule has 1 aromatic rings. The van der Waals surface area contributed by atoms with Crippen LogP contribution in [-0.4, -0.2) is 28.8 Å². The lowest BCUT2D eigenvalue weighted by atomic mass is 10.1. The van der Waals surface area contributed by atoms with E-state index in [0.29, 0.717) is 22.2 Å². The second kappa shape index (κ2) is 7.03. The fraction of sp³-hybridized carbons (Fsp3) is 0.154. The number of halogens is 1. The van der Waals surface area contributed by atoms with Crippen LogP contribution in [0.4, 0.5) is 5.69 Å². The highest BCUT2D eigenvalue weighted by atomic mass is 127. The Hall–Kier alpha value is -1.70. The molecule has 0 unspecified atom stereocenters. The Morgan fingerprint density at radius 2 is 1.95 bits per heavy atom. The highest BCUT2D eigenvalue weighted by Gasteiger charge is 2.22. The minimum absolute atomic E-state index is 0.0661. The fourth-order valence-electron chi connectivity index (χ4n) is 1.55. The molecule has 0 heterocycles. The molecule has 1 amide bonds. The molecule has 0 aromatic heterocycles. The van der Waals surface area contributed by atoms with Crippen LogP contribution < -0.4 is 0 Å². The summed E-state index contributed by atoms with van der Waals surface area (Å²) in [6.07, 6.45) is 3.21. The maximum absolute atomic E-state index is 12.3. The zero-order valence-electron chi connectivity index (χ0n) is 10.2. The van der Waals surface area contributed by atoms with Gasteiger partial charge in [0.1, 0.15) is 3.57 Å². The van der Waals surface area contributed by atoms with Gasteiger partial charge in [-0.3, -0.25) is 14.9 Å².